The molecule has 0 saturated heterocycles. The van der Waals surface area contributed by atoms with Gasteiger partial charge in [-0.05, 0) is 30.3 Å². The van der Waals surface area contributed by atoms with Crippen molar-refractivity contribution in [3.8, 4) is 0 Å². The van der Waals surface area contributed by atoms with Crippen LogP contribution in [0.5, 0.6) is 0 Å². The van der Waals surface area contributed by atoms with Gasteiger partial charge in [0.15, 0.2) is 0 Å². The van der Waals surface area contributed by atoms with Crippen LogP contribution in [-0.2, 0) is 6.54 Å². The average Bonchev–Trinajstić information content (AvgIpc) is 2.42. The molecule has 0 spiro atoms. The third-order valence-electron chi connectivity index (χ3n) is 3.03. The molecular formula is C16H18BrNO. The summed E-state index contributed by atoms with van der Waals surface area (Å²) in [6.07, 6.45) is -0.443. The minimum atomic E-state index is -0.443. The maximum Gasteiger partial charge on any atom is 0.0916 e. The molecule has 0 fully saturated rings. The van der Waals surface area contributed by atoms with Crippen molar-refractivity contribution in [2.24, 2.45) is 0 Å². The number of halogens is 1. The number of nitrogens with zero attached hydrogens (tertiary/aromatic N) is 1. The lowest BCUT2D eigenvalue weighted by Crippen LogP contribution is -2.24. The minimum Gasteiger partial charge on any atom is -0.387 e. The van der Waals surface area contributed by atoms with Crippen molar-refractivity contribution in [2.75, 3.05) is 13.6 Å². The maximum atomic E-state index is 10.2. The van der Waals surface area contributed by atoms with Crippen LogP contribution in [0.4, 0.5) is 0 Å². The number of aliphatic hydroxyl groups excluding tert-OH is 1. The average molecular weight is 320 g/mol. The van der Waals surface area contributed by atoms with Crippen LogP contribution in [0.2, 0.25) is 0 Å². The van der Waals surface area contributed by atoms with Crippen LogP contribution in [-0.4, -0.2) is 23.6 Å². The van der Waals surface area contributed by atoms with Crippen LogP contribution in [0, 0.1) is 0 Å². The van der Waals surface area contributed by atoms with Crippen LogP contribution in [0.15, 0.2) is 59.1 Å². The first-order chi connectivity index (χ1) is 9.15. The molecule has 1 atom stereocenters. The third kappa shape index (κ3) is 4.46. The molecule has 2 nitrogen and oxygen atoms in total. The van der Waals surface area contributed by atoms with E-state index < -0.39 is 6.10 Å². The second-order valence-corrected chi connectivity index (χ2v) is 5.67. The summed E-state index contributed by atoms with van der Waals surface area (Å²) in [5.74, 6) is 0. The number of aliphatic hydroxyl groups is 1. The summed E-state index contributed by atoms with van der Waals surface area (Å²) < 4.78 is 1.09. The molecule has 0 bridgehead atoms. The van der Waals surface area contributed by atoms with Crippen molar-refractivity contribution in [3.63, 3.8) is 0 Å². The summed E-state index contributed by atoms with van der Waals surface area (Å²) >= 11 is 3.43. The highest BCUT2D eigenvalue weighted by molar-refractivity contribution is 9.10. The summed E-state index contributed by atoms with van der Waals surface area (Å²) in [4.78, 5) is 2.13. The van der Waals surface area contributed by atoms with Gasteiger partial charge in [0.1, 0.15) is 0 Å². The fraction of sp³-hybridized carbons (Fsp3) is 0.250. The normalized spacial score (nSPS) is 12.6. The zero-order valence-corrected chi connectivity index (χ0v) is 12.5. The fourth-order valence-electron chi connectivity index (χ4n) is 2.04. The highest BCUT2D eigenvalue weighted by atomic mass is 79.9. The Balaban J connectivity index is 1.90. The van der Waals surface area contributed by atoms with Gasteiger partial charge in [-0.3, -0.25) is 4.90 Å². The quantitative estimate of drug-likeness (QED) is 0.910. The SMILES string of the molecule is CN(Cc1ccc(Br)cc1)CC(O)c1ccccc1. The largest absolute Gasteiger partial charge is 0.387 e. The summed E-state index contributed by atoms with van der Waals surface area (Å²) in [6.45, 7) is 1.46. The van der Waals surface area contributed by atoms with Gasteiger partial charge < -0.3 is 5.11 Å². The van der Waals surface area contributed by atoms with Gasteiger partial charge in [-0.25, -0.2) is 0 Å². The van der Waals surface area contributed by atoms with E-state index in [1.807, 2.05) is 49.5 Å². The molecule has 2 aromatic rings. The summed E-state index contributed by atoms with van der Waals surface area (Å²) in [5, 5.41) is 10.2. The van der Waals surface area contributed by atoms with Gasteiger partial charge in [0, 0.05) is 17.6 Å². The van der Waals surface area contributed by atoms with Gasteiger partial charge >= 0.3 is 0 Å². The van der Waals surface area contributed by atoms with E-state index in [1.165, 1.54) is 5.56 Å². The Hall–Kier alpha value is -1.16. The summed E-state index contributed by atoms with van der Waals surface area (Å²) in [7, 11) is 2.02. The Morgan fingerprint density at radius 2 is 1.68 bits per heavy atom. The van der Waals surface area contributed by atoms with Gasteiger partial charge in [-0.2, -0.15) is 0 Å². The molecule has 0 aliphatic rings. The van der Waals surface area contributed by atoms with E-state index in [0.717, 1.165) is 16.6 Å². The Morgan fingerprint density at radius 1 is 1.05 bits per heavy atom. The van der Waals surface area contributed by atoms with Crippen molar-refractivity contribution in [3.05, 3.63) is 70.2 Å². The Kier molecular flexibility index (Phi) is 5.14. The molecule has 19 heavy (non-hydrogen) atoms. The lowest BCUT2D eigenvalue weighted by Gasteiger charge is -2.21. The van der Waals surface area contributed by atoms with Gasteiger partial charge in [0.2, 0.25) is 0 Å². The predicted molar refractivity (Wildman–Crippen MR) is 81.9 cm³/mol. The van der Waals surface area contributed by atoms with E-state index in [9.17, 15) is 5.11 Å². The minimum absolute atomic E-state index is 0.443. The number of hydrogen-bond donors (Lipinski definition) is 1. The predicted octanol–water partition coefficient (Wildman–Crippen LogP) is 3.61. The van der Waals surface area contributed by atoms with Crippen molar-refractivity contribution < 1.29 is 5.11 Å². The molecule has 2 rings (SSSR count). The molecule has 0 aliphatic heterocycles. The standard InChI is InChI=1S/C16H18BrNO/c1-18(11-13-7-9-15(17)10-8-13)12-16(19)14-5-3-2-4-6-14/h2-10,16,19H,11-12H2,1H3. The van der Waals surface area contributed by atoms with E-state index in [-0.39, 0.29) is 0 Å². The molecule has 3 heteroatoms. The first-order valence-electron chi connectivity index (χ1n) is 6.31. The van der Waals surface area contributed by atoms with Gasteiger partial charge in [-0.15, -0.1) is 0 Å². The van der Waals surface area contributed by atoms with E-state index in [4.69, 9.17) is 0 Å². The first-order valence-corrected chi connectivity index (χ1v) is 7.10. The van der Waals surface area contributed by atoms with Crippen LogP contribution in [0.1, 0.15) is 17.2 Å². The lowest BCUT2D eigenvalue weighted by molar-refractivity contribution is 0.124. The zero-order valence-electron chi connectivity index (χ0n) is 11.0. The van der Waals surface area contributed by atoms with E-state index in [1.54, 1.807) is 0 Å². The van der Waals surface area contributed by atoms with Gasteiger partial charge in [0.25, 0.3) is 0 Å². The fourth-order valence-corrected chi connectivity index (χ4v) is 2.31. The molecule has 0 saturated carbocycles. The highest BCUT2D eigenvalue weighted by Crippen LogP contribution is 2.15. The second kappa shape index (κ2) is 6.85. The van der Waals surface area contributed by atoms with Gasteiger partial charge in [-0.1, -0.05) is 58.4 Å². The van der Waals surface area contributed by atoms with Crippen LogP contribution in [0.3, 0.4) is 0 Å². The van der Waals surface area contributed by atoms with Gasteiger partial charge in [0.05, 0.1) is 6.10 Å². The topological polar surface area (TPSA) is 23.5 Å². The highest BCUT2D eigenvalue weighted by Gasteiger charge is 2.10. The van der Waals surface area contributed by atoms with Crippen molar-refractivity contribution >= 4 is 15.9 Å². The smallest absolute Gasteiger partial charge is 0.0916 e. The monoisotopic (exact) mass is 319 g/mol. The molecule has 0 radical (unpaired) electrons. The van der Waals surface area contributed by atoms with Crippen molar-refractivity contribution in [1.29, 1.82) is 0 Å². The lowest BCUT2D eigenvalue weighted by atomic mass is 10.1. The molecular weight excluding hydrogens is 302 g/mol. The summed E-state index contributed by atoms with van der Waals surface area (Å²) in [6, 6.07) is 18.0. The molecule has 0 amide bonds. The number of rotatable bonds is 5. The molecule has 100 valence electrons. The van der Waals surface area contributed by atoms with Crippen molar-refractivity contribution in [2.45, 2.75) is 12.6 Å². The maximum absolute atomic E-state index is 10.2. The zero-order chi connectivity index (χ0) is 13.7. The van der Waals surface area contributed by atoms with E-state index in [0.29, 0.717) is 6.54 Å². The Morgan fingerprint density at radius 3 is 2.32 bits per heavy atom. The van der Waals surface area contributed by atoms with Crippen molar-refractivity contribution in [1.82, 2.24) is 4.90 Å². The number of likely N-dealkylation sites (N-methyl/N-ethyl adjacent to an activating group) is 1. The van der Waals surface area contributed by atoms with Crippen LogP contribution in [0.25, 0.3) is 0 Å². The van der Waals surface area contributed by atoms with Crippen LogP contribution >= 0.6 is 15.9 Å². The molecule has 0 heterocycles. The second-order valence-electron chi connectivity index (χ2n) is 4.75. The molecule has 0 aromatic heterocycles. The first kappa shape index (κ1) is 14.3. The van der Waals surface area contributed by atoms with E-state index >= 15 is 0 Å². The molecule has 0 aliphatic carbocycles. The molecule has 2 aromatic carbocycles. The molecule has 1 N–H and O–H groups in total. The Labute approximate surface area is 122 Å². The van der Waals surface area contributed by atoms with E-state index in [2.05, 4.69) is 33.0 Å². The Bertz CT molecular complexity index is 498. The number of benzene rings is 2. The molecule has 1 unspecified atom stereocenters. The van der Waals surface area contributed by atoms with Crippen LogP contribution < -0.4 is 0 Å². The number of hydrogen-bond acceptors (Lipinski definition) is 2. The third-order valence-corrected chi connectivity index (χ3v) is 3.56. The summed E-state index contributed by atoms with van der Waals surface area (Å²) in [5.41, 5.74) is 2.20.